The third-order valence-corrected chi connectivity index (χ3v) is 2.73. The Morgan fingerprint density at radius 1 is 1.45 bits per heavy atom. The molecule has 0 bridgehead atoms. The predicted molar refractivity (Wildman–Crippen MR) is 68.7 cm³/mol. The number of rotatable bonds is 3. The molecule has 0 N–H and O–H groups in total. The summed E-state index contributed by atoms with van der Waals surface area (Å²) in [5.41, 5.74) is -0.960. The van der Waals surface area contributed by atoms with Crippen LogP contribution in [0.3, 0.4) is 0 Å². The molecule has 0 radical (unpaired) electrons. The molecule has 1 aliphatic rings. The van der Waals surface area contributed by atoms with E-state index in [9.17, 15) is 14.9 Å². The van der Waals surface area contributed by atoms with E-state index in [1.165, 1.54) is 17.1 Å². The normalized spacial score (nSPS) is 17.1. The highest BCUT2D eigenvalue weighted by Gasteiger charge is 2.42. The molecule has 1 aromatic heterocycles. The average molecular weight is 281 g/mol. The molecule has 0 spiro atoms. The van der Waals surface area contributed by atoms with Crippen molar-refractivity contribution in [2.24, 2.45) is 11.0 Å². The fraction of sp³-hybridized carbons (Fsp3) is 0.500. The molecule has 1 amide bonds. The molecule has 108 valence electrons. The first-order valence-corrected chi connectivity index (χ1v) is 6.08. The predicted octanol–water partition coefficient (Wildman–Crippen LogP) is 2.10. The smallest absolute Gasteiger partial charge is 0.433 e. The molecule has 1 aliphatic heterocycles. The minimum absolute atomic E-state index is 0.0529. The van der Waals surface area contributed by atoms with Crippen molar-refractivity contribution in [3.8, 4) is 0 Å². The molecule has 0 fully saturated rings. The summed E-state index contributed by atoms with van der Waals surface area (Å²) in [5, 5.41) is 15.9. The van der Waals surface area contributed by atoms with E-state index in [1.807, 2.05) is 0 Å². The van der Waals surface area contributed by atoms with Crippen LogP contribution in [0.25, 0.3) is 0 Å². The number of nitro groups is 1. The topological polar surface area (TPSA) is 98.2 Å². The Morgan fingerprint density at radius 2 is 2.10 bits per heavy atom. The number of carbonyl (C=O) groups is 1. The van der Waals surface area contributed by atoms with Gasteiger partial charge in [0.15, 0.2) is 5.76 Å². The van der Waals surface area contributed by atoms with Crippen LogP contribution in [0.2, 0.25) is 0 Å². The molecular formula is C12H15N3O5. The minimum atomic E-state index is -0.960. The summed E-state index contributed by atoms with van der Waals surface area (Å²) in [7, 11) is 0. The van der Waals surface area contributed by atoms with Crippen LogP contribution in [0, 0.1) is 16.0 Å². The van der Waals surface area contributed by atoms with Gasteiger partial charge in [-0.2, -0.15) is 5.01 Å². The number of hydrazone groups is 1. The van der Waals surface area contributed by atoms with E-state index >= 15 is 0 Å². The Morgan fingerprint density at radius 3 is 2.60 bits per heavy atom. The van der Waals surface area contributed by atoms with Gasteiger partial charge in [-0.05, 0) is 19.9 Å². The van der Waals surface area contributed by atoms with Gasteiger partial charge in [-0.3, -0.25) is 14.9 Å². The first-order valence-electron chi connectivity index (χ1n) is 6.08. The lowest BCUT2D eigenvalue weighted by molar-refractivity contribution is -0.402. The second kappa shape index (κ2) is 4.62. The molecule has 0 aliphatic carbocycles. The zero-order valence-electron chi connectivity index (χ0n) is 11.6. The van der Waals surface area contributed by atoms with Gasteiger partial charge in [-0.15, -0.1) is 5.10 Å². The molecule has 0 saturated carbocycles. The lowest BCUT2D eigenvalue weighted by Crippen LogP contribution is -2.44. The van der Waals surface area contributed by atoms with Crippen molar-refractivity contribution < 1.29 is 18.9 Å². The van der Waals surface area contributed by atoms with Crippen LogP contribution in [0.15, 0.2) is 21.7 Å². The minimum Gasteiger partial charge on any atom is -0.446 e. The number of nitrogens with zero attached hydrogens (tertiary/aromatic N) is 3. The van der Waals surface area contributed by atoms with Crippen LogP contribution in [0.5, 0.6) is 0 Å². The van der Waals surface area contributed by atoms with Crippen molar-refractivity contribution in [3.63, 3.8) is 0 Å². The van der Waals surface area contributed by atoms with Crippen molar-refractivity contribution in [2.45, 2.75) is 33.4 Å². The quantitative estimate of drug-likeness (QED) is 0.624. The molecule has 2 heterocycles. The van der Waals surface area contributed by atoms with Crippen LogP contribution in [-0.4, -0.2) is 27.5 Å². The summed E-state index contributed by atoms with van der Waals surface area (Å²) < 4.78 is 10.6. The number of furan rings is 1. The summed E-state index contributed by atoms with van der Waals surface area (Å²) in [4.78, 5) is 22.0. The monoisotopic (exact) mass is 281 g/mol. The third-order valence-electron chi connectivity index (χ3n) is 2.73. The van der Waals surface area contributed by atoms with Crippen LogP contribution in [-0.2, 0) is 9.53 Å². The zero-order valence-corrected chi connectivity index (χ0v) is 11.6. The van der Waals surface area contributed by atoms with Crippen molar-refractivity contribution in [3.05, 3.63) is 28.0 Å². The molecule has 0 aromatic carbocycles. The largest absolute Gasteiger partial charge is 0.446 e. The molecule has 8 heteroatoms. The highest BCUT2D eigenvalue weighted by molar-refractivity contribution is 5.94. The first-order chi connectivity index (χ1) is 9.22. The van der Waals surface area contributed by atoms with Crippen LogP contribution in [0.4, 0.5) is 5.88 Å². The molecule has 8 nitrogen and oxygen atoms in total. The molecule has 1 aromatic rings. The molecule has 0 atom stereocenters. The maximum absolute atomic E-state index is 12.1. The van der Waals surface area contributed by atoms with Crippen molar-refractivity contribution in [2.75, 3.05) is 0 Å². The first kappa shape index (κ1) is 14.0. The Hall–Kier alpha value is -2.38. The number of ether oxygens (including phenoxy) is 1. The third kappa shape index (κ3) is 2.36. The highest BCUT2D eigenvalue weighted by atomic mass is 16.7. The van der Waals surface area contributed by atoms with E-state index in [0.717, 1.165) is 0 Å². The number of amides is 1. The van der Waals surface area contributed by atoms with Crippen molar-refractivity contribution in [1.82, 2.24) is 5.01 Å². The van der Waals surface area contributed by atoms with E-state index in [4.69, 9.17) is 9.15 Å². The summed E-state index contributed by atoms with van der Waals surface area (Å²) >= 11 is 0. The molecule has 0 unspecified atom stereocenters. The van der Waals surface area contributed by atoms with Gasteiger partial charge in [-0.1, -0.05) is 13.8 Å². The van der Waals surface area contributed by atoms with Gasteiger partial charge in [0, 0.05) is 5.92 Å². The van der Waals surface area contributed by atoms with E-state index in [1.54, 1.807) is 27.7 Å². The molecule has 2 rings (SSSR count). The van der Waals surface area contributed by atoms with Gasteiger partial charge in [0.25, 0.3) is 5.90 Å². The zero-order chi connectivity index (χ0) is 15.1. The molecular weight excluding hydrogens is 266 g/mol. The lowest BCUT2D eigenvalue weighted by Gasteiger charge is -2.28. The summed E-state index contributed by atoms with van der Waals surface area (Å²) in [6.07, 6.45) is 0. The molecule has 20 heavy (non-hydrogen) atoms. The standard InChI is InChI=1S/C12H15N3O5/c1-7(2)11(16)14-12(3,4)20-10(13-14)8-5-6-9(19-8)15(17)18/h5-7H,1-4H3. The van der Waals surface area contributed by atoms with Crippen LogP contribution < -0.4 is 0 Å². The van der Waals surface area contributed by atoms with Crippen molar-refractivity contribution >= 4 is 17.7 Å². The second-order valence-corrected chi connectivity index (χ2v) is 5.15. The Labute approximate surface area is 115 Å². The summed E-state index contributed by atoms with van der Waals surface area (Å²) in [6, 6.07) is 2.59. The van der Waals surface area contributed by atoms with E-state index in [0.29, 0.717) is 0 Å². The Balaban J connectivity index is 2.31. The van der Waals surface area contributed by atoms with E-state index in [-0.39, 0.29) is 23.5 Å². The number of hydrogen-bond donors (Lipinski definition) is 0. The van der Waals surface area contributed by atoms with Gasteiger partial charge in [-0.25, -0.2) is 0 Å². The summed E-state index contributed by atoms with van der Waals surface area (Å²) in [5.74, 6) is -0.684. The van der Waals surface area contributed by atoms with Crippen LogP contribution in [0.1, 0.15) is 33.5 Å². The second-order valence-electron chi connectivity index (χ2n) is 5.15. The fourth-order valence-electron chi connectivity index (χ4n) is 1.71. The summed E-state index contributed by atoms with van der Waals surface area (Å²) in [6.45, 7) is 6.87. The van der Waals surface area contributed by atoms with Crippen LogP contribution >= 0.6 is 0 Å². The lowest BCUT2D eigenvalue weighted by atomic mass is 10.1. The van der Waals surface area contributed by atoms with Gasteiger partial charge in [0.1, 0.15) is 4.92 Å². The number of carbonyl (C=O) groups excluding carboxylic acids is 1. The SMILES string of the molecule is CC(C)C(=O)N1N=C(c2ccc([N+](=O)[O-])o2)OC1(C)C. The Kier molecular flexibility index (Phi) is 3.24. The maximum atomic E-state index is 12.1. The highest BCUT2D eigenvalue weighted by Crippen LogP contribution is 2.29. The fourth-order valence-corrected chi connectivity index (χ4v) is 1.71. The van der Waals surface area contributed by atoms with Gasteiger partial charge in [0.2, 0.25) is 11.6 Å². The van der Waals surface area contributed by atoms with Gasteiger partial charge >= 0.3 is 5.88 Å². The Bertz CT molecular complexity index is 588. The maximum Gasteiger partial charge on any atom is 0.433 e. The van der Waals surface area contributed by atoms with E-state index in [2.05, 4.69) is 5.10 Å². The van der Waals surface area contributed by atoms with Gasteiger partial charge in [0.05, 0.1) is 6.07 Å². The van der Waals surface area contributed by atoms with E-state index < -0.39 is 16.5 Å². The molecule has 0 saturated heterocycles. The average Bonchev–Trinajstić information content (AvgIpc) is 2.91. The van der Waals surface area contributed by atoms with Gasteiger partial charge < -0.3 is 9.15 Å². The number of hydrogen-bond acceptors (Lipinski definition) is 6. The van der Waals surface area contributed by atoms with Crippen molar-refractivity contribution in [1.29, 1.82) is 0 Å².